The Labute approximate surface area is 153 Å². The molecule has 0 saturated heterocycles. The third kappa shape index (κ3) is 4.28. The molecule has 1 N–H and O–H groups in total. The Morgan fingerprint density at radius 3 is 1.96 bits per heavy atom. The fraction of sp³-hybridized carbons (Fsp3) is 0.100. The van der Waals surface area contributed by atoms with Crippen molar-refractivity contribution in [2.75, 3.05) is 0 Å². The summed E-state index contributed by atoms with van der Waals surface area (Å²) in [6.45, 7) is 2.00. The highest BCUT2D eigenvalue weighted by molar-refractivity contribution is 7.89. The minimum atomic E-state index is -3.69. The third-order valence-electron chi connectivity index (χ3n) is 3.94. The smallest absolute Gasteiger partial charge is 0.207 e. The Morgan fingerprint density at radius 1 is 0.800 bits per heavy atom. The number of benzene rings is 3. The van der Waals surface area contributed by atoms with Crippen LogP contribution in [-0.4, -0.2) is 8.42 Å². The number of hydrogen-bond acceptors (Lipinski definition) is 2. The molecule has 25 heavy (non-hydrogen) atoms. The molecule has 3 aromatic rings. The molecule has 3 nitrogen and oxygen atoms in total. The van der Waals surface area contributed by atoms with Crippen LogP contribution in [-0.2, 0) is 10.0 Å². The van der Waals surface area contributed by atoms with E-state index in [0.29, 0.717) is 5.02 Å². The molecule has 3 aromatic carbocycles. The summed E-state index contributed by atoms with van der Waals surface area (Å²) < 4.78 is 28.4. The van der Waals surface area contributed by atoms with Crippen LogP contribution in [0, 0.1) is 6.92 Å². The Morgan fingerprint density at radius 2 is 1.36 bits per heavy atom. The number of nitrogens with one attached hydrogen (secondary N) is 1. The van der Waals surface area contributed by atoms with Crippen molar-refractivity contribution in [2.24, 2.45) is 0 Å². The zero-order chi connectivity index (χ0) is 17.9. The first kappa shape index (κ1) is 17.7. The van der Waals surface area contributed by atoms with E-state index in [4.69, 9.17) is 11.6 Å². The van der Waals surface area contributed by atoms with Gasteiger partial charge in [-0.1, -0.05) is 71.8 Å². The quantitative estimate of drug-likeness (QED) is 0.705. The van der Waals surface area contributed by atoms with Crippen molar-refractivity contribution in [2.45, 2.75) is 17.9 Å². The summed E-state index contributed by atoms with van der Waals surface area (Å²) in [5, 5.41) is 0.497. The van der Waals surface area contributed by atoms with E-state index in [1.165, 1.54) is 12.1 Å². The molecule has 0 spiro atoms. The molecule has 128 valence electrons. The summed E-state index contributed by atoms with van der Waals surface area (Å²) in [6, 6.07) is 23.0. The Hall–Kier alpha value is -2.14. The van der Waals surface area contributed by atoms with Gasteiger partial charge < -0.3 is 0 Å². The van der Waals surface area contributed by atoms with Gasteiger partial charge in [0.1, 0.15) is 0 Å². The highest BCUT2D eigenvalue weighted by atomic mass is 35.5. The summed E-state index contributed by atoms with van der Waals surface area (Å²) >= 11 is 5.86. The molecule has 0 aliphatic rings. The molecular weight excluding hydrogens is 354 g/mol. The van der Waals surface area contributed by atoms with Gasteiger partial charge in [0, 0.05) is 5.02 Å². The molecular formula is C20H18ClNO2S. The second-order valence-electron chi connectivity index (χ2n) is 5.83. The van der Waals surface area contributed by atoms with Gasteiger partial charge in [0.05, 0.1) is 10.9 Å². The van der Waals surface area contributed by atoms with Gasteiger partial charge >= 0.3 is 0 Å². The molecule has 3 rings (SSSR count). The summed E-state index contributed by atoms with van der Waals surface area (Å²) in [5.74, 6) is 0. The number of halogens is 1. The van der Waals surface area contributed by atoms with E-state index in [1.807, 2.05) is 61.5 Å². The Bertz CT molecular complexity index is 937. The average molecular weight is 372 g/mol. The SMILES string of the molecule is Cc1ccc(C(NS(=O)(=O)c2ccc(Cl)cc2)c2ccccc2)cc1. The lowest BCUT2D eigenvalue weighted by atomic mass is 9.99. The predicted octanol–water partition coefficient (Wildman–Crippen LogP) is 4.72. The van der Waals surface area contributed by atoms with Gasteiger partial charge in [0.15, 0.2) is 0 Å². The highest BCUT2D eigenvalue weighted by Crippen LogP contribution is 2.25. The molecule has 0 saturated carbocycles. The van der Waals surface area contributed by atoms with Gasteiger partial charge in [0.25, 0.3) is 0 Å². The van der Waals surface area contributed by atoms with E-state index in [-0.39, 0.29) is 4.90 Å². The van der Waals surface area contributed by atoms with Crippen molar-refractivity contribution in [3.63, 3.8) is 0 Å². The fourth-order valence-corrected chi connectivity index (χ4v) is 3.91. The van der Waals surface area contributed by atoms with Gasteiger partial charge in [0.2, 0.25) is 10.0 Å². The van der Waals surface area contributed by atoms with Gasteiger partial charge in [-0.25, -0.2) is 8.42 Å². The van der Waals surface area contributed by atoms with Crippen molar-refractivity contribution in [1.29, 1.82) is 0 Å². The second kappa shape index (κ2) is 7.40. The maximum atomic E-state index is 12.8. The van der Waals surface area contributed by atoms with E-state index < -0.39 is 16.1 Å². The first-order valence-corrected chi connectivity index (χ1v) is 9.71. The first-order chi connectivity index (χ1) is 12.0. The third-order valence-corrected chi connectivity index (χ3v) is 5.63. The number of sulfonamides is 1. The lowest BCUT2D eigenvalue weighted by Crippen LogP contribution is -2.29. The van der Waals surface area contributed by atoms with E-state index in [2.05, 4.69) is 4.72 Å². The van der Waals surface area contributed by atoms with Crippen molar-refractivity contribution < 1.29 is 8.42 Å². The van der Waals surface area contributed by atoms with Crippen LogP contribution in [0.5, 0.6) is 0 Å². The lowest BCUT2D eigenvalue weighted by molar-refractivity contribution is 0.572. The molecule has 1 unspecified atom stereocenters. The number of hydrogen-bond donors (Lipinski definition) is 1. The summed E-state index contributed by atoms with van der Waals surface area (Å²) in [4.78, 5) is 0.185. The van der Waals surface area contributed by atoms with Gasteiger partial charge in [-0.15, -0.1) is 0 Å². The fourth-order valence-electron chi connectivity index (χ4n) is 2.57. The molecule has 0 heterocycles. The van der Waals surface area contributed by atoms with Gasteiger partial charge in [-0.05, 0) is 42.3 Å². The molecule has 0 amide bonds. The maximum absolute atomic E-state index is 12.8. The summed E-state index contributed by atoms with van der Waals surface area (Å²) in [7, 11) is -3.69. The molecule has 0 aliphatic carbocycles. The van der Waals surface area contributed by atoms with Crippen molar-refractivity contribution in [3.05, 3.63) is 101 Å². The molecule has 0 aliphatic heterocycles. The number of rotatable bonds is 5. The van der Waals surface area contributed by atoms with Gasteiger partial charge in [-0.3, -0.25) is 0 Å². The molecule has 1 atom stereocenters. The zero-order valence-corrected chi connectivity index (χ0v) is 15.3. The largest absolute Gasteiger partial charge is 0.241 e. The summed E-state index contributed by atoms with van der Waals surface area (Å²) in [6.07, 6.45) is 0. The Kier molecular flexibility index (Phi) is 5.23. The Balaban J connectivity index is 2.00. The standard InChI is InChI=1S/C20H18ClNO2S/c1-15-7-9-17(10-8-15)20(16-5-3-2-4-6-16)22-25(23,24)19-13-11-18(21)12-14-19/h2-14,20,22H,1H3. The van der Waals surface area contributed by atoms with Gasteiger partial charge in [-0.2, -0.15) is 4.72 Å². The van der Waals surface area contributed by atoms with Crippen LogP contribution >= 0.6 is 11.6 Å². The first-order valence-electron chi connectivity index (χ1n) is 7.85. The van der Waals surface area contributed by atoms with Crippen LogP contribution < -0.4 is 4.72 Å². The normalized spacial score (nSPS) is 12.7. The van der Waals surface area contributed by atoms with Crippen LogP contribution in [0.15, 0.2) is 83.8 Å². The summed E-state index contributed by atoms with van der Waals surface area (Å²) in [5.41, 5.74) is 2.88. The van der Waals surface area contributed by atoms with Crippen molar-refractivity contribution >= 4 is 21.6 Å². The lowest BCUT2D eigenvalue weighted by Gasteiger charge is -2.20. The van der Waals surface area contributed by atoms with Crippen molar-refractivity contribution in [1.82, 2.24) is 4.72 Å². The minimum absolute atomic E-state index is 0.185. The highest BCUT2D eigenvalue weighted by Gasteiger charge is 2.22. The maximum Gasteiger partial charge on any atom is 0.241 e. The predicted molar refractivity (Wildman–Crippen MR) is 101 cm³/mol. The van der Waals surface area contributed by atoms with E-state index in [1.54, 1.807) is 12.1 Å². The average Bonchev–Trinajstić information content (AvgIpc) is 2.62. The van der Waals surface area contributed by atoms with E-state index in [9.17, 15) is 8.42 Å². The van der Waals surface area contributed by atoms with Crippen molar-refractivity contribution in [3.8, 4) is 0 Å². The molecule has 0 aromatic heterocycles. The molecule has 0 bridgehead atoms. The molecule has 0 radical (unpaired) electrons. The van der Waals surface area contributed by atoms with Crippen LogP contribution in [0.4, 0.5) is 0 Å². The minimum Gasteiger partial charge on any atom is -0.207 e. The molecule has 0 fully saturated rings. The van der Waals surface area contributed by atoms with E-state index >= 15 is 0 Å². The van der Waals surface area contributed by atoms with Crippen LogP contribution in [0.25, 0.3) is 0 Å². The van der Waals surface area contributed by atoms with Crippen LogP contribution in [0.1, 0.15) is 22.7 Å². The molecule has 5 heteroatoms. The van der Waals surface area contributed by atoms with Crippen LogP contribution in [0.2, 0.25) is 5.02 Å². The second-order valence-corrected chi connectivity index (χ2v) is 7.98. The zero-order valence-electron chi connectivity index (χ0n) is 13.7. The van der Waals surface area contributed by atoms with Crippen LogP contribution in [0.3, 0.4) is 0 Å². The monoisotopic (exact) mass is 371 g/mol. The van der Waals surface area contributed by atoms with E-state index in [0.717, 1.165) is 16.7 Å². The number of aryl methyl sites for hydroxylation is 1. The topological polar surface area (TPSA) is 46.2 Å².